The summed E-state index contributed by atoms with van der Waals surface area (Å²) >= 11 is 0. The van der Waals surface area contributed by atoms with E-state index in [4.69, 9.17) is 9.47 Å². The molecule has 0 bridgehead atoms. The van der Waals surface area contributed by atoms with E-state index in [2.05, 4.69) is 23.4 Å². The minimum atomic E-state index is -0.236. The summed E-state index contributed by atoms with van der Waals surface area (Å²) in [4.78, 5) is 4.58. The Balaban J connectivity index is 1.71. The largest absolute Gasteiger partial charge is 0.493 e. The Kier molecular flexibility index (Phi) is 5.70. The number of nitrogens with zero attached hydrogens (tertiary/aromatic N) is 2. The van der Waals surface area contributed by atoms with Crippen molar-refractivity contribution in [3.63, 3.8) is 0 Å². The summed E-state index contributed by atoms with van der Waals surface area (Å²) in [5.74, 6) is 1.34. The van der Waals surface area contributed by atoms with E-state index >= 15 is 0 Å². The first-order valence-corrected chi connectivity index (χ1v) is 10.1. The third-order valence-corrected chi connectivity index (χ3v) is 5.35. The number of rotatable bonds is 7. The van der Waals surface area contributed by atoms with E-state index in [1.807, 2.05) is 43.3 Å². The topological polar surface area (TPSA) is 36.3 Å². The SMILES string of the molecule is CCOc1ccccc1COc1ccnc2c(C)c(C)n(Cc3cccc(F)c3)c12. The van der Waals surface area contributed by atoms with Crippen molar-refractivity contribution in [2.75, 3.05) is 6.61 Å². The lowest BCUT2D eigenvalue weighted by atomic mass is 10.2. The molecule has 0 aliphatic heterocycles. The van der Waals surface area contributed by atoms with Gasteiger partial charge in [0.15, 0.2) is 0 Å². The fourth-order valence-electron chi connectivity index (χ4n) is 3.72. The molecule has 2 heterocycles. The van der Waals surface area contributed by atoms with Gasteiger partial charge in [0.25, 0.3) is 0 Å². The van der Waals surface area contributed by atoms with Crippen molar-refractivity contribution in [3.05, 3.63) is 89.0 Å². The number of aryl methyl sites for hydroxylation is 1. The zero-order valence-corrected chi connectivity index (χ0v) is 17.5. The van der Waals surface area contributed by atoms with Gasteiger partial charge in [-0.15, -0.1) is 0 Å². The zero-order valence-electron chi connectivity index (χ0n) is 17.5. The molecule has 0 atom stereocenters. The van der Waals surface area contributed by atoms with Crippen molar-refractivity contribution >= 4 is 11.0 Å². The summed E-state index contributed by atoms with van der Waals surface area (Å²) in [6, 6.07) is 16.5. The van der Waals surface area contributed by atoms with Crippen LogP contribution in [-0.4, -0.2) is 16.2 Å². The Labute approximate surface area is 175 Å². The predicted octanol–water partition coefficient (Wildman–Crippen LogP) is 5.82. The molecule has 4 nitrogen and oxygen atoms in total. The van der Waals surface area contributed by atoms with Crippen molar-refractivity contribution in [2.24, 2.45) is 0 Å². The third-order valence-electron chi connectivity index (χ3n) is 5.35. The molecule has 4 aromatic rings. The molecule has 0 aliphatic rings. The summed E-state index contributed by atoms with van der Waals surface area (Å²) < 4.78 is 27.8. The van der Waals surface area contributed by atoms with Crippen LogP contribution in [0.2, 0.25) is 0 Å². The normalized spacial score (nSPS) is 11.1. The van der Waals surface area contributed by atoms with Crippen LogP contribution in [-0.2, 0) is 13.2 Å². The Morgan fingerprint density at radius 1 is 0.967 bits per heavy atom. The van der Waals surface area contributed by atoms with E-state index < -0.39 is 0 Å². The van der Waals surface area contributed by atoms with Crippen LogP contribution >= 0.6 is 0 Å². The van der Waals surface area contributed by atoms with Crippen LogP contribution in [0.5, 0.6) is 11.5 Å². The van der Waals surface area contributed by atoms with Crippen molar-refractivity contribution < 1.29 is 13.9 Å². The average Bonchev–Trinajstić information content (AvgIpc) is 2.99. The summed E-state index contributed by atoms with van der Waals surface area (Å²) in [5.41, 5.74) is 5.90. The monoisotopic (exact) mass is 404 g/mol. The molecule has 30 heavy (non-hydrogen) atoms. The maximum absolute atomic E-state index is 13.7. The number of aromatic nitrogens is 2. The number of benzene rings is 2. The summed E-state index contributed by atoms with van der Waals surface area (Å²) in [7, 11) is 0. The molecule has 2 aromatic carbocycles. The number of hydrogen-bond donors (Lipinski definition) is 0. The van der Waals surface area contributed by atoms with Crippen molar-refractivity contribution in [2.45, 2.75) is 33.9 Å². The van der Waals surface area contributed by atoms with Crippen LogP contribution in [0.4, 0.5) is 4.39 Å². The van der Waals surface area contributed by atoms with Gasteiger partial charge in [0.1, 0.15) is 29.4 Å². The summed E-state index contributed by atoms with van der Waals surface area (Å²) in [5, 5.41) is 0. The Bertz CT molecular complexity index is 1180. The van der Waals surface area contributed by atoms with E-state index in [1.54, 1.807) is 18.3 Å². The smallest absolute Gasteiger partial charge is 0.147 e. The van der Waals surface area contributed by atoms with E-state index in [0.717, 1.165) is 44.9 Å². The molecule has 0 fully saturated rings. The van der Waals surface area contributed by atoms with Crippen LogP contribution in [0, 0.1) is 19.7 Å². The molecule has 154 valence electrons. The molecule has 0 saturated carbocycles. The quantitative estimate of drug-likeness (QED) is 0.389. The highest BCUT2D eigenvalue weighted by molar-refractivity contribution is 5.86. The lowest BCUT2D eigenvalue weighted by molar-refractivity contribution is 0.288. The zero-order chi connectivity index (χ0) is 21.1. The lowest BCUT2D eigenvalue weighted by Gasteiger charge is -2.14. The maximum atomic E-state index is 13.7. The molecule has 0 saturated heterocycles. The molecular weight excluding hydrogens is 379 g/mol. The molecule has 2 aromatic heterocycles. The van der Waals surface area contributed by atoms with E-state index in [0.29, 0.717) is 19.8 Å². The van der Waals surface area contributed by atoms with Gasteiger partial charge in [-0.2, -0.15) is 0 Å². The second-order valence-corrected chi connectivity index (χ2v) is 7.26. The van der Waals surface area contributed by atoms with Gasteiger partial charge in [0.05, 0.1) is 12.1 Å². The third kappa shape index (κ3) is 3.88. The van der Waals surface area contributed by atoms with E-state index in [-0.39, 0.29) is 5.82 Å². The fourth-order valence-corrected chi connectivity index (χ4v) is 3.72. The number of ether oxygens (including phenoxy) is 2. The molecule has 4 rings (SSSR count). The Morgan fingerprint density at radius 2 is 1.80 bits per heavy atom. The van der Waals surface area contributed by atoms with Gasteiger partial charge in [-0.05, 0) is 50.1 Å². The second-order valence-electron chi connectivity index (χ2n) is 7.26. The van der Waals surface area contributed by atoms with Crippen molar-refractivity contribution in [1.82, 2.24) is 9.55 Å². The number of para-hydroxylation sites is 1. The van der Waals surface area contributed by atoms with Crippen molar-refractivity contribution in [3.8, 4) is 11.5 Å². The van der Waals surface area contributed by atoms with Crippen LogP contribution < -0.4 is 9.47 Å². The van der Waals surface area contributed by atoms with Crippen LogP contribution in [0.3, 0.4) is 0 Å². The second kappa shape index (κ2) is 8.57. The van der Waals surface area contributed by atoms with Crippen LogP contribution in [0.25, 0.3) is 11.0 Å². The lowest BCUT2D eigenvalue weighted by Crippen LogP contribution is -2.05. The molecule has 0 N–H and O–H groups in total. The summed E-state index contributed by atoms with van der Waals surface area (Å²) in [6.45, 7) is 7.62. The Morgan fingerprint density at radius 3 is 2.60 bits per heavy atom. The molecular formula is C25H25FN2O2. The highest BCUT2D eigenvalue weighted by Crippen LogP contribution is 2.32. The van der Waals surface area contributed by atoms with Gasteiger partial charge in [-0.1, -0.05) is 30.3 Å². The van der Waals surface area contributed by atoms with Gasteiger partial charge in [-0.3, -0.25) is 4.98 Å². The fraction of sp³-hybridized carbons (Fsp3) is 0.240. The highest BCUT2D eigenvalue weighted by Gasteiger charge is 2.17. The van der Waals surface area contributed by atoms with Gasteiger partial charge >= 0.3 is 0 Å². The first-order valence-electron chi connectivity index (χ1n) is 10.1. The number of halogens is 1. The molecule has 0 amide bonds. The van der Waals surface area contributed by atoms with E-state index in [1.165, 1.54) is 6.07 Å². The summed E-state index contributed by atoms with van der Waals surface area (Å²) in [6.07, 6.45) is 1.77. The van der Waals surface area contributed by atoms with Crippen LogP contribution in [0.1, 0.15) is 29.3 Å². The van der Waals surface area contributed by atoms with E-state index in [9.17, 15) is 4.39 Å². The first kappa shape index (κ1) is 20.0. The Hall–Kier alpha value is -3.34. The molecule has 0 spiro atoms. The maximum Gasteiger partial charge on any atom is 0.147 e. The minimum Gasteiger partial charge on any atom is -0.493 e. The van der Waals surface area contributed by atoms with Gasteiger partial charge in [0, 0.05) is 30.1 Å². The van der Waals surface area contributed by atoms with Gasteiger partial charge < -0.3 is 14.0 Å². The minimum absolute atomic E-state index is 0.236. The number of pyridine rings is 1. The highest BCUT2D eigenvalue weighted by atomic mass is 19.1. The standard InChI is InChI=1S/C25H25FN2O2/c1-4-29-22-11-6-5-9-20(22)16-30-23-12-13-27-24-17(2)18(3)28(25(23)24)15-19-8-7-10-21(26)14-19/h5-14H,4,15-16H2,1-3H3. The van der Waals surface area contributed by atoms with Gasteiger partial charge in [0.2, 0.25) is 0 Å². The molecule has 0 radical (unpaired) electrons. The molecule has 0 aliphatic carbocycles. The van der Waals surface area contributed by atoms with Crippen LogP contribution in [0.15, 0.2) is 60.8 Å². The molecule has 5 heteroatoms. The first-order chi connectivity index (χ1) is 14.6. The number of fused-ring (bicyclic) bond motifs is 1. The van der Waals surface area contributed by atoms with Crippen molar-refractivity contribution in [1.29, 1.82) is 0 Å². The van der Waals surface area contributed by atoms with Gasteiger partial charge in [-0.25, -0.2) is 4.39 Å². The predicted molar refractivity (Wildman–Crippen MR) is 117 cm³/mol. The average molecular weight is 404 g/mol. The number of hydrogen-bond acceptors (Lipinski definition) is 3. The molecule has 0 unspecified atom stereocenters.